The lowest BCUT2D eigenvalue weighted by Gasteiger charge is -2.11. The maximum Gasteiger partial charge on any atom is 0.227 e. The molecule has 0 saturated carbocycles. The number of nitrogens with two attached hydrogens (primary N) is 1. The van der Waals surface area contributed by atoms with Gasteiger partial charge in [-0.25, -0.2) is 0 Å². The molecule has 0 aliphatic carbocycles. The minimum absolute atomic E-state index is 0.0476. The molecule has 15 heavy (non-hydrogen) atoms. The largest absolute Gasteiger partial charge is 0.330 e. The Morgan fingerprint density at radius 3 is 2.80 bits per heavy atom. The number of nitrogens with one attached hydrogen (secondary N) is 1. The van der Waals surface area contributed by atoms with E-state index in [0.29, 0.717) is 23.7 Å². The molecular weight excluding hydrogens is 212 g/mol. The van der Waals surface area contributed by atoms with Gasteiger partial charge in [0.15, 0.2) is 0 Å². The molecule has 1 rings (SSSR count). The number of carbonyl (C=O) groups is 1. The summed E-state index contributed by atoms with van der Waals surface area (Å²) in [4.78, 5) is 11.6. The van der Waals surface area contributed by atoms with E-state index < -0.39 is 0 Å². The second-order valence-corrected chi connectivity index (χ2v) is 3.85. The van der Waals surface area contributed by atoms with Crippen LogP contribution in [0.4, 0.5) is 5.69 Å². The molecule has 0 heterocycles. The molecule has 0 spiro atoms. The van der Waals surface area contributed by atoms with E-state index in [1.807, 2.05) is 19.1 Å². The van der Waals surface area contributed by atoms with E-state index in [1.54, 1.807) is 12.1 Å². The zero-order chi connectivity index (χ0) is 11.3. The zero-order valence-electron chi connectivity index (χ0n) is 8.66. The van der Waals surface area contributed by atoms with Crippen LogP contribution in [0.5, 0.6) is 0 Å². The van der Waals surface area contributed by atoms with Crippen LogP contribution in [-0.2, 0) is 4.79 Å². The van der Waals surface area contributed by atoms with Crippen molar-refractivity contribution in [1.82, 2.24) is 0 Å². The normalized spacial score (nSPS) is 12.2. The van der Waals surface area contributed by atoms with Crippen LogP contribution >= 0.6 is 11.6 Å². The van der Waals surface area contributed by atoms with Gasteiger partial charge in [0.1, 0.15) is 0 Å². The van der Waals surface area contributed by atoms with Gasteiger partial charge in [0.2, 0.25) is 5.91 Å². The van der Waals surface area contributed by atoms with E-state index in [-0.39, 0.29) is 11.8 Å². The Kier molecular flexibility index (Phi) is 4.59. The third-order valence-corrected chi connectivity index (χ3v) is 2.51. The molecule has 3 nitrogen and oxygen atoms in total. The second kappa shape index (κ2) is 5.73. The lowest BCUT2D eigenvalue weighted by molar-refractivity contribution is -0.119. The van der Waals surface area contributed by atoms with Crippen molar-refractivity contribution in [2.75, 3.05) is 11.9 Å². The average molecular weight is 227 g/mol. The summed E-state index contributed by atoms with van der Waals surface area (Å²) in [6.07, 6.45) is 0.677. The van der Waals surface area contributed by atoms with Crippen LogP contribution in [0.1, 0.15) is 13.3 Å². The molecule has 1 aromatic carbocycles. The van der Waals surface area contributed by atoms with E-state index in [4.69, 9.17) is 17.3 Å². The highest BCUT2D eigenvalue weighted by molar-refractivity contribution is 6.33. The molecule has 0 aliphatic rings. The Hall–Kier alpha value is -1.06. The van der Waals surface area contributed by atoms with Crippen molar-refractivity contribution in [3.63, 3.8) is 0 Å². The average Bonchev–Trinajstić information content (AvgIpc) is 2.21. The van der Waals surface area contributed by atoms with Gasteiger partial charge in [-0.1, -0.05) is 30.7 Å². The second-order valence-electron chi connectivity index (χ2n) is 3.45. The van der Waals surface area contributed by atoms with Gasteiger partial charge in [-0.15, -0.1) is 0 Å². The van der Waals surface area contributed by atoms with Crippen LogP contribution in [0.15, 0.2) is 24.3 Å². The summed E-state index contributed by atoms with van der Waals surface area (Å²) in [5, 5.41) is 3.32. The minimum Gasteiger partial charge on any atom is -0.330 e. The first-order valence-corrected chi connectivity index (χ1v) is 5.28. The van der Waals surface area contributed by atoms with E-state index in [1.165, 1.54) is 0 Å². The van der Waals surface area contributed by atoms with Crippen molar-refractivity contribution < 1.29 is 4.79 Å². The number of anilines is 1. The lowest BCUT2D eigenvalue weighted by Crippen LogP contribution is -2.22. The van der Waals surface area contributed by atoms with Crippen LogP contribution in [0.2, 0.25) is 5.02 Å². The van der Waals surface area contributed by atoms with Crippen molar-refractivity contribution in [2.24, 2.45) is 11.7 Å². The standard InChI is InChI=1S/C11H15ClN2O/c1-8(6-7-13)11(15)14-10-5-3-2-4-9(10)12/h2-5,8H,6-7,13H2,1H3,(H,14,15). The van der Waals surface area contributed by atoms with Gasteiger partial charge in [0.05, 0.1) is 10.7 Å². The number of halogens is 1. The van der Waals surface area contributed by atoms with Gasteiger partial charge >= 0.3 is 0 Å². The molecule has 1 aromatic rings. The van der Waals surface area contributed by atoms with Gasteiger partial charge in [-0.2, -0.15) is 0 Å². The van der Waals surface area contributed by atoms with Crippen LogP contribution in [-0.4, -0.2) is 12.5 Å². The number of rotatable bonds is 4. The molecule has 4 heteroatoms. The quantitative estimate of drug-likeness (QED) is 0.828. The number of hydrogen-bond donors (Lipinski definition) is 2. The van der Waals surface area contributed by atoms with Crippen molar-refractivity contribution in [1.29, 1.82) is 0 Å². The third kappa shape index (κ3) is 3.53. The predicted molar refractivity (Wildman–Crippen MR) is 62.9 cm³/mol. The van der Waals surface area contributed by atoms with Crippen molar-refractivity contribution in [2.45, 2.75) is 13.3 Å². The third-order valence-electron chi connectivity index (χ3n) is 2.18. The van der Waals surface area contributed by atoms with Gasteiger partial charge in [-0.05, 0) is 25.1 Å². The zero-order valence-corrected chi connectivity index (χ0v) is 9.42. The topological polar surface area (TPSA) is 55.1 Å². The Bertz CT molecular complexity index is 341. The minimum atomic E-state index is -0.0914. The molecule has 0 aromatic heterocycles. The van der Waals surface area contributed by atoms with E-state index in [9.17, 15) is 4.79 Å². The van der Waals surface area contributed by atoms with Gasteiger partial charge in [-0.3, -0.25) is 4.79 Å². The summed E-state index contributed by atoms with van der Waals surface area (Å²) < 4.78 is 0. The maximum atomic E-state index is 11.6. The van der Waals surface area contributed by atoms with Gasteiger partial charge < -0.3 is 11.1 Å². The van der Waals surface area contributed by atoms with Crippen LogP contribution in [0.3, 0.4) is 0 Å². The van der Waals surface area contributed by atoms with Crippen molar-refractivity contribution in [3.8, 4) is 0 Å². The Labute approximate surface area is 94.6 Å². The summed E-state index contributed by atoms with van der Waals surface area (Å²) >= 11 is 5.91. The fraction of sp³-hybridized carbons (Fsp3) is 0.364. The molecule has 0 fully saturated rings. The molecule has 1 amide bonds. The highest BCUT2D eigenvalue weighted by Gasteiger charge is 2.12. The summed E-state index contributed by atoms with van der Waals surface area (Å²) in [6.45, 7) is 2.36. The number of carbonyl (C=O) groups excluding carboxylic acids is 1. The first-order chi connectivity index (χ1) is 7.15. The van der Waals surface area contributed by atoms with Gasteiger partial charge in [0.25, 0.3) is 0 Å². The first-order valence-electron chi connectivity index (χ1n) is 4.90. The fourth-order valence-corrected chi connectivity index (χ4v) is 1.38. The molecule has 0 radical (unpaired) electrons. The molecule has 0 aliphatic heterocycles. The first kappa shape index (κ1) is 12.0. The van der Waals surface area contributed by atoms with Crippen LogP contribution in [0, 0.1) is 5.92 Å². The van der Waals surface area contributed by atoms with Crippen LogP contribution < -0.4 is 11.1 Å². The number of benzene rings is 1. The molecule has 1 unspecified atom stereocenters. The van der Waals surface area contributed by atoms with E-state index in [2.05, 4.69) is 5.32 Å². The number of para-hydroxylation sites is 1. The SMILES string of the molecule is CC(CCN)C(=O)Nc1ccccc1Cl. The van der Waals surface area contributed by atoms with Gasteiger partial charge in [0, 0.05) is 5.92 Å². The highest BCUT2D eigenvalue weighted by Crippen LogP contribution is 2.21. The van der Waals surface area contributed by atoms with Crippen molar-refractivity contribution >= 4 is 23.2 Å². The predicted octanol–water partition coefficient (Wildman–Crippen LogP) is 2.26. The molecule has 82 valence electrons. The summed E-state index contributed by atoms with van der Waals surface area (Å²) in [5.74, 6) is -0.139. The Balaban J connectivity index is 2.62. The Morgan fingerprint density at radius 1 is 1.53 bits per heavy atom. The number of hydrogen-bond acceptors (Lipinski definition) is 2. The van der Waals surface area contributed by atoms with E-state index >= 15 is 0 Å². The molecule has 3 N–H and O–H groups in total. The Morgan fingerprint density at radius 2 is 2.20 bits per heavy atom. The molecule has 1 atom stereocenters. The summed E-state index contributed by atoms with van der Waals surface area (Å²) in [6, 6.07) is 7.16. The van der Waals surface area contributed by atoms with Crippen molar-refractivity contribution in [3.05, 3.63) is 29.3 Å². The molecule has 0 bridgehead atoms. The summed E-state index contributed by atoms with van der Waals surface area (Å²) in [5.41, 5.74) is 6.03. The monoisotopic (exact) mass is 226 g/mol. The fourth-order valence-electron chi connectivity index (χ4n) is 1.20. The smallest absolute Gasteiger partial charge is 0.227 e. The van der Waals surface area contributed by atoms with Crippen LogP contribution in [0.25, 0.3) is 0 Å². The molecule has 0 saturated heterocycles. The lowest BCUT2D eigenvalue weighted by atomic mass is 10.1. The maximum absolute atomic E-state index is 11.6. The van der Waals surface area contributed by atoms with E-state index in [0.717, 1.165) is 0 Å². The number of amides is 1. The highest BCUT2D eigenvalue weighted by atomic mass is 35.5. The summed E-state index contributed by atoms with van der Waals surface area (Å²) in [7, 11) is 0. The molecular formula is C11H15ClN2O.